The average Bonchev–Trinajstić information content (AvgIpc) is 3.38. The van der Waals surface area contributed by atoms with Gasteiger partial charge in [0.05, 0.1) is 10.2 Å². The number of hydrogen-bond acceptors (Lipinski definition) is 5. The van der Waals surface area contributed by atoms with E-state index in [0.29, 0.717) is 15.6 Å². The van der Waals surface area contributed by atoms with Crippen molar-refractivity contribution in [2.24, 2.45) is 0 Å². The first kappa shape index (κ1) is 18.9. The molecule has 5 aromatic rings. The molecule has 2 aromatic heterocycles. The maximum atomic E-state index is 12.8. The van der Waals surface area contributed by atoms with Crippen molar-refractivity contribution in [3.63, 3.8) is 0 Å². The van der Waals surface area contributed by atoms with Crippen LogP contribution in [-0.2, 0) is 0 Å². The summed E-state index contributed by atoms with van der Waals surface area (Å²) in [4.78, 5) is 22.4. The van der Waals surface area contributed by atoms with Crippen molar-refractivity contribution in [3.05, 3.63) is 89.4 Å². The number of nitrogens with one attached hydrogen (secondary N) is 1. The Morgan fingerprint density at radius 3 is 2.40 bits per heavy atom. The third kappa shape index (κ3) is 3.73. The van der Waals surface area contributed by atoms with Crippen molar-refractivity contribution in [2.75, 3.05) is 5.32 Å². The van der Waals surface area contributed by atoms with Gasteiger partial charge >= 0.3 is 0 Å². The molecule has 5 rings (SSSR count). The monoisotopic (exact) mass is 447 g/mol. The predicted molar refractivity (Wildman–Crippen MR) is 126 cm³/mol. The topological polar surface area (TPSA) is 54.9 Å². The van der Waals surface area contributed by atoms with E-state index in [2.05, 4.69) is 5.32 Å². The summed E-state index contributed by atoms with van der Waals surface area (Å²) in [6.07, 6.45) is 0. The Bertz CT molecular complexity index is 1330. The van der Waals surface area contributed by atoms with Crippen LogP contribution >= 0.6 is 34.3 Å². The molecule has 7 heteroatoms. The van der Waals surface area contributed by atoms with Gasteiger partial charge in [-0.05, 0) is 30.3 Å². The smallest absolute Gasteiger partial charge is 0.256 e. The van der Waals surface area contributed by atoms with Crippen LogP contribution in [0.4, 0.5) is 5.00 Å². The van der Waals surface area contributed by atoms with Gasteiger partial charge in [-0.25, -0.2) is 9.97 Å². The molecular formula is C23H14ClN3OS2. The summed E-state index contributed by atoms with van der Waals surface area (Å²) in [5, 5.41) is 5.82. The summed E-state index contributed by atoms with van der Waals surface area (Å²) in [6.45, 7) is 0. The van der Waals surface area contributed by atoms with Gasteiger partial charge < -0.3 is 5.32 Å². The molecule has 0 bridgehead atoms. The zero-order valence-corrected chi connectivity index (χ0v) is 17.9. The number of aromatic nitrogens is 2. The SMILES string of the molecule is O=C(Nc1sc(-c2nc3ccccc3s2)nc1-c1ccccc1)c1cccc(Cl)c1. The second-order valence-electron chi connectivity index (χ2n) is 6.51. The highest BCUT2D eigenvalue weighted by molar-refractivity contribution is 7.26. The molecule has 0 fully saturated rings. The summed E-state index contributed by atoms with van der Waals surface area (Å²) in [7, 11) is 0. The first-order valence-electron chi connectivity index (χ1n) is 9.16. The largest absolute Gasteiger partial charge is 0.312 e. The van der Waals surface area contributed by atoms with Crippen LogP contribution in [0.5, 0.6) is 0 Å². The van der Waals surface area contributed by atoms with Gasteiger partial charge in [0.25, 0.3) is 5.91 Å². The van der Waals surface area contributed by atoms with E-state index in [1.165, 1.54) is 11.3 Å². The summed E-state index contributed by atoms with van der Waals surface area (Å²) in [6, 6.07) is 24.7. The minimum Gasteiger partial charge on any atom is -0.312 e. The second-order valence-corrected chi connectivity index (χ2v) is 8.98. The van der Waals surface area contributed by atoms with E-state index in [0.717, 1.165) is 31.5 Å². The third-order valence-electron chi connectivity index (χ3n) is 4.47. The van der Waals surface area contributed by atoms with Crippen molar-refractivity contribution in [1.82, 2.24) is 9.97 Å². The number of anilines is 1. The highest BCUT2D eigenvalue weighted by atomic mass is 35.5. The molecule has 1 amide bonds. The molecule has 0 saturated carbocycles. The van der Waals surface area contributed by atoms with E-state index >= 15 is 0 Å². The molecule has 4 nitrogen and oxygen atoms in total. The van der Waals surface area contributed by atoms with E-state index in [9.17, 15) is 4.79 Å². The highest BCUT2D eigenvalue weighted by Crippen LogP contribution is 2.40. The minimum atomic E-state index is -0.228. The maximum Gasteiger partial charge on any atom is 0.256 e. The van der Waals surface area contributed by atoms with Crippen LogP contribution in [-0.4, -0.2) is 15.9 Å². The van der Waals surface area contributed by atoms with Crippen LogP contribution in [0.15, 0.2) is 78.9 Å². The quantitative estimate of drug-likeness (QED) is 0.323. The van der Waals surface area contributed by atoms with E-state index < -0.39 is 0 Å². The number of amides is 1. The number of carbonyl (C=O) groups is 1. The standard InChI is InChI=1S/C23H14ClN3OS2/c24-16-10-6-9-15(13-16)20(28)27-21-19(14-7-2-1-3-8-14)26-23(30-21)22-25-17-11-4-5-12-18(17)29-22/h1-13H,(H,27,28). The van der Waals surface area contributed by atoms with Crippen LogP contribution in [0.3, 0.4) is 0 Å². The summed E-state index contributed by atoms with van der Waals surface area (Å²) < 4.78 is 1.11. The molecule has 0 aliphatic heterocycles. The fourth-order valence-electron chi connectivity index (χ4n) is 3.06. The lowest BCUT2D eigenvalue weighted by Gasteiger charge is -2.05. The van der Waals surface area contributed by atoms with Crippen LogP contribution in [0.25, 0.3) is 31.5 Å². The zero-order valence-electron chi connectivity index (χ0n) is 15.5. The first-order valence-corrected chi connectivity index (χ1v) is 11.2. The van der Waals surface area contributed by atoms with Gasteiger partial charge in [-0.2, -0.15) is 0 Å². The fraction of sp³-hybridized carbons (Fsp3) is 0. The van der Waals surface area contributed by atoms with Gasteiger partial charge in [0.2, 0.25) is 0 Å². The molecule has 1 N–H and O–H groups in total. The molecular weight excluding hydrogens is 434 g/mol. The number of thiazole rings is 2. The Hall–Kier alpha value is -3.06. The van der Waals surface area contributed by atoms with Gasteiger partial charge in [-0.3, -0.25) is 4.79 Å². The minimum absolute atomic E-state index is 0.228. The fourth-order valence-corrected chi connectivity index (χ4v) is 5.21. The van der Waals surface area contributed by atoms with Crippen molar-refractivity contribution in [2.45, 2.75) is 0 Å². The van der Waals surface area contributed by atoms with Crippen molar-refractivity contribution in [1.29, 1.82) is 0 Å². The number of fused-ring (bicyclic) bond motifs is 1. The van der Waals surface area contributed by atoms with Gasteiger partial charge in [-0.1, -0.05) is 71.5 Å². The van der Waals surface area contributed by atoms with Crippen molar-refractivity contribution in [3.8, 4) is 21.3 Å². The normalized spacial score (nSPS) is 11.0. The molecule has 0 saturated heterocycles. The molecule has 0 atom stereocenters. The highest BCUT2D eigenvalue weighted by Gasteiger charge is 2.19. The number of nitrogens with zero attached hydrogens (tertiary/aromatic N) is 2. The number of carbonyl (C=O) groups excluding carboxylic acids is 1. The maximum absolute atomic E-state index is 12.8. The van der Waals surface area contributed by atoms with Crippen LogP contribution in [0, 0.1) is 0 Å². The summed E-state index contributed by atoms with van der Waals surface area (Å²) >= 11 is 9.06. The van der Waals surface area contributed by atoms with Gasteiger partial charge in [0, 0.05) is 16.1 Å². The molecule has 0 aliphatic carbocycles. The van der Waals surface area contributed by atoms with Gasteiger partial charge in [-0.15, -0.1) is 11.3 Å². The van der Waals surface area contributed by atoms with Crippen LogP contribution < -0.4 is 5.32 Å². The number of para-hydroxylation sites is 1. The summed E-state index contributed by atoms with van der Waals surface area (Å²) in [5.41, 5.74) is 3.10. The molecule has 30 heavy (non-hydrogen) atoms. The lowest BCUT2D eigenvalue weighted by molar-refractivity contribution is 0.102. The lowest BCUT2D eigenvalue weighted by Crippen LogP contribution is -2.11. The lowest BCUT2D eigenvalue weighted by atomic mass is 10.1. The van der Waals surface area contributed by atoms with Gasteiger partial charge in [0.1, 0.15) is 10.7 Å². The third-order valence-corrected chi connectivity index (χ3v) is 6.85. The molecule has 0 unspecified atom stereocenters. The Kier molecular flexibility index (Phi) is 5.04. The van der Waals surface area contributed by atoms with Crippen LogP contribution in [0.1, 0.15) is 10.4 Å². The molecule has 0 spiro atoms. The number of halogens is 1. The Balaban J connectivity index is 1.57. The first-order chi connectivity index (χ1) is 14.7. The van der Waals surface area contributed by atoms with Gasteiger partial charge in [0.15, 0.2) is 10.0 Å². The van der Waals surface area contributed by atoms with E-state index in [1.54, 1.807) is 35.6 Å². The zero-order chi connectivity index (χ0) is 20.5. The molecule has 146 valence electrons. The number of hydrogen-bond donors (Lipinski definition) is 1. The molecule has 3 aromatic carbocycles. The predicted octanol–water partition coefficient (Wildman–Crippen LogP) is 6.99. The molecule has 0 aliphatic rings. The van der Waals surface area contributed by atoms with E-state index in [1.807, 2.05) is 54.6 Å². The van der Waals surface area contributed by atoms with E-state index in [4.69, 9.17) is 21.6 Å². The Labute approximate surface area is 185 Å². The second kappa shape index (κ2) is 7.99. The van der Waals surface area contributed by atoms with Crippen molar-refractivity contribution >= 4 is 55.4 Å². The Morgan fingerprint density at radius 2 is 1.60 bits per heavy atom. The summed E-state index contributed by atoms with van der Waals surface area (Å²) in [5.74, 6) is -0.228. The van der Waals surface area contributed by atoms with E-state index in [-0.39, 0.29) is 5.91 Å². The van der Waals surface area contributed by atoms with Crippen LogP contribution in [0.2, 0.25) is 5.02 Å². The average molecular weight is 448 g/mol. The molecule has 2 heterocycles. The van der Waals surface area contributed by atoms with Crippen molar-refractivity contribution < 1.29 is 4.79 Å². The number of benzene rings is 3. The molecule has 0 radical (unpaired) electrons. The Morgan fingerprint density at radius 1 is 0.833 bits per heavy atom. The number of rotatable bonds is 4.